The number of fused-ring (bicyclic) bond motifs is 2. The fourth-order valence-electron chi connectivity index (χ4n) is 5.57. The average molecular weight is 464 g/mol. The van der Waals surface area contributed by atoms with Crippen LogP contribution in [0.4, 0.5) is 0 Å². The third-order valence-electron chi connectivity index (χ3n) is 7.30. The van der Waals surface area contributed by atoms with E-state index in [2.05, 4.69) is 72.8 Å². The molecule has 0 spiro atoms. The molecule has 1 aliphatic carbocycles. The number of benzene rings is 2. The average Bonchev–Trinajstić information content (AvgIpc) is 3.18. The Morgan fingerprint density at radius 1 is 0.971 bits per heavy atom. The Labute approximate surface area is 206 Å². The summed E-state index contributed by atoms with van der Waals surface area (Å²) in [4.78, 5) is 15.5. The van der Waals surface area contributed by atoms with Crippen LogP contribution in [0.15, 0.2) is 109 Å². The van der Waals surface area contributed by atoms with Crippen LogP contribution in [0.25, 0.3) is 16.7 Å². The van der Waals surface area contributed by atoms with Gasteiger partial charge in [0.15, 0.2) is 0 Å². The van der Waals surface area contributed by atoms with Crippen LogP contribution in [0.2, 0.25) is 0 Å². The number of allylic oxidation sites excluding steroid dienone is 4. The highest BCUT2D eigenvalue weighted by molar-refractivity contribution is 5.93. The van der Waals surface area contributed by atoms with Crippen molar-refractivity contribution in [2.45, 2.75) is 50.6 Å². The molecular weight excluding hydrogens is 434 g/mol. The first-order valence-corrected chi connectivity index (χ1v) is 12.5. The summed E-state index contributed by atoms with van der Waals surface area (Å²) in [7, 11) is 0. The minimum Gasteiger partial charge on any atom is -0.465 e. The van der Waals surface area contributed by atoms with Crippen LogP contribution in [0.5, 0.6) is 0 Å². The molecule has 1 saturated heterocycles. The van der Waals surface area contributed by atoms with Crippen molar-refractivity contribution >= 4 is 11.5 Å². The lowest BCUT2D eigenvalue weighted by atomic mass is 9.92. The molecule has 0 saturated carbocycles. The van der Waals surface area contributed by atoms with Crippen molar-refractivity contribution in [1.82, 2.24) is 4.90 Å². The molecule has 2 bridgehead atoms. The third-order valence-corrected chi connectivity index (χ3v) is 7.30. The predicted octanol–water partition coefficient (Wildman–Crippen LogP) is 6.90. The lowest BCUT2D eigenvalue weighted by Gasteiger charge is -2.35. The van der Waals surface area contributed by atoms with Crippen LogP contribution >= 0.6 is 0 Å². The van der Waals surface area contributed by atoms with Crippen molar-refractivity contribution in [3.8, 4) is 11.1 Å². The Balaban J connectivity index is 1.17. The van der Waals surface area contributed by atoms with E-state index in [9.17, 15) is 4.79 Å². The van der Waals surface area contributed by atoms with Crippen molar-refractivity contribution in [2.24, 2.45) is 0 Å². The largest absolute Gasteiger partial charge is 0.465 e. The van der Waals surface area contributed by atoms with Crippen LogP contribution < -0.4 is 0 Å². The van der Waals surface area contributed by atoms with Gasteiger partial charge in [0.2, 0.25) is 5.76 Å². The molecular formula is C31H29NO3. The molecule has 1 fully saturated rings. The molecule has 1 amide bonds. The van der Waals surface area contributed by atoms with E-state index >= 15 is 0 Å². The van der Waals surface area contributed by atoms with Gasteiger partial charge in [-0.05, 0) is 60.4 Å². The summed E-state index contributed by atoms with van der Waals surface area (Å²) >= 11 is 0. The second kappa shape index (κ2) is 9.46. The summed E-state index contributed by atoms with van der Waals surface area (Å²) in [6, 6.07) is 19.5. The first kappa shape index (κ1) is 21.7. The first-order valence-electron chi connectivity index (χ1n) is 12.5. The van der Waals surface area contributed by atoms with Gasteiger partial charge >= 0.3 is 0 Å². The zero-order chi connectivity index (χ0) is 23.6. The number of ether oxygens (including phenoxy) is 2. The summed E-state index contributed by atoms with van der Waals surface area (Å²) in [5, 5.41) is 0. The van der Waals surface area contributed by atoms with Gasteiger partial charge in [0.25, 0.3) is 5.91 Å². The smallest absolute Gasteiger partial charge is 0.293 e. The van der Waals surface area contributed by atoms with E-state index in [1.165, 1.54) is 34.1 Å². The van der Waals surface area contributed by atoms with E-state index < -0.39 is 0 Å². The number of hydrogen-bond donors (Lipinski definition) is 0. The van der Waals surface area contributed by atoms with Gasteiger partial charge in [-0.2, -0.15) is 0 Å². The molecule has 2 aromatic rings. The number of rotatable bonds is 5. The molecule has 2 unspecified atom stereocenters. The van der Waals surface area contributed by atoms with Crippen molar-refractivity contribution in [2.75, 3.05) is 0 Å². The summed E-state index contributed by atoms with van der Waals surface area (Å²) in [5.41, 5.74) is 6.30. The number of carbonyl (C=O) groups excluding carboxylic acids is 1. The van der Waals surface area contributed by atoms with Gasteiger partial charge in [0, 0.05) is 12.5 Å². The summed E-state index contributed by atoms with van der Waals surface area (Å²) in [6.45, 7) is 0. The Hall–Kier alpha value is -3.79. The van der Waals surface area contributed by atoms with Gasteiger partial charge in [0.1, 0.15) is 18.3 Å². The molecule has 0 radical (unpaired) electrons. The van der Waals surface area contributed by atoms with Crippen LogP contribution in [0.3, 0.4) is 0 Å². The minimum atomic E-state index is -0.0750. The molecule has 2 atom stereocenters. The Morgan fingerprint density at radius 3 is 2.66 bits per heavy atom. The molecule has 0 aromatic heterocycles. The van der Waals surface area contributed by atoms with E-state index in [4.69, 9.17) is 9.47 Å². The molecule has 4 heteroatoms. The molecule has 3 heterocycles. The first-order chi connectivity index (χ1) is 17.2. The highest BCUT2D eigenvalue weighted by Gasteiger charge is 2.41. The van der Waals surface area contributed by atoms with Gasteiger partial charge in [-0.1, -0.05) is 78.4 Å². The quantitative estimate of drug-likeness (QED) is 0.484. The molecule has 2 aromatic carbocycles. The zero-order valence-corrected chi connectivity index (χ0v) is 19.7. The fraction of sp³-hybridized carbons (Fsp3) is 0.258. The zero-order valence-electron chi connectivity index (χ0n) is 19.7. The van der Waals surface area contributed by atoms with Gasteiger partial charge in [-0.25, -0.2) is 0 Å². The van der Waals surface area contributed by atoms with Gasteiger partial charge in [-0.3, -0.25) is 4.79 Å². The molecule has 6 rings (SSSR count). The maximum Gasteiger partial charge on any atom is 0.293 e. The van der Waals surface area contributed by atoms with E-state index in [1.54, 1.807) is 6.26 Å². The summed E-state index contributed by atoms with van der Waals surface area (Å²) in [6.07, 6.45) is 17.3. The second-order valence-corrected chi connectivity index (χ2v) is 9.63. The second-order valence-electron chi connectivity index (χ2n) is 9.63. The number of carbonyl (C=O) groups is 1. The lowest BCUT2D eigenvalue weighted by molar-refractivity contribution is -0.132. The maximum absolute atomic E-state index is 13.5. The number of nitrogens with zero attached hydrogens (tertiary/aromatic N) is 1. The summed E-state index contributed by atoms with van der Waals surface area (Å²) < 4.78 is 11.6. The predicted molar refractivity (Wildman–Crippen MR) is 138 cm³/mol. The van der Waals surface area contributed by atoms with E-state index in [0.717, 1.165) is 32.1 Å². The highest BCUT2D eigenvalue weighted by Crippen LogP contribution is 2.40. The Kier molecular flexibility index (Phi) is 5.87. The Bertz CT molecular complexity index is 1280. The van der Waals surface area contributed by atoms with Gasteiger partial charge in [-0.15, -0.1) is 0 Å². The van der Waals surface area contributed by atoms with Crippen LogP contribution in [-0.4, -0.2) is 22.9 Å². The molecule has 35 heavy (non-hydrogen) atoms. The number of amides is 1. The standard InChI is InChI=1S/C31H29NO3/c33-31(30-21-34-20-29(35-30)16-22-8-3-1-4-9-22)32-27-14-15-28(32)19-26(18-27)25-13-7-12-24(17-25)23-10-5-2-6-11-23/h1-3,5-8,10-13,17-18,20-21,27-28H,4,9,14-16,19H2. The van der Waals surface area contributed by atoms with Crippen LogP contribution in [0, 0.1) is 0 Å². The Morgan fingerprint density at radius 2 is 1.83 bits per heavy atom. The normalized spacial score (nSPS) is 22.9. The van der Waals surface area contributed by atoms with Crippen molar-refractivity contribution in [1.29, 1.82) is 0 Å². The maximum atomic E-state index is 13.5. The van der Waals surface area contributed by atoms with Crippen molar-refractivity contribution in [3.63, 3.8) is 0 Å². The van der Waals surface area contributed by atoms with Gasteiger partial charge in [0.05, 0.1) is 6.04 Å². The van der Waals surface area contributed by atoms with Crippen molar-refractivity contribution < 1.29 is 14.3 Å². The lowest BCUT2D eigenvalue weighted by Crippen LogP contribution is -2.44. The molecule has 3 aliphatic heterocycles. The SMILES string of the molecule is O=C(C1=COC=C(CC2=CC=CCC2)O1)N1C2C=C(c3cccc(-c4ccccc4)c3)CC1CC2. The number of hydrogen-bond acceptors (Lipinski definition) is 3. The van der Waals surface area contributed by atoms with E-state index in [0.29, 0.717) is 12.2 Å². The molecule has 4 aliphatic rings. The van der Waals surface area contributed by atoms with Gasteiger partial charge < -0.3 is 14.4 Å². The third kappa shape index (κ3) is 4.49. The monoisotopic (exact) mass is 463 g/mol. The van der Waals surface area contributed by atoms with E-state index in [1.807, 2.05) is 11.0 Å². The molecule has 176 valence electrons. The minimum absolute atomic E-state index is 0.0750. The van der Waals surface area contributed by atoms with E-state index in [-0.39, 0.29) is 23.8 Å². The molecule has 4 nitrogen and oxygen atoms in total. The molecule has 0 N–H and O–H groups in total. The van der Waals surface area contributed by atoms with Crippen LogP contribution in [-0.2, 0) is 14.3 Å². The highest BCUT2D eigenvalue weighted by atomic mass is 16.5. The summed E-state index contributed by atoms with van der Waals surface area (Å²) in [5.74, 6) is 0.902. The fourth-order valence-corrected chi connectivity index (χ4v) is 5.57. The topological polar surface area (TPSA) is 38.8 Å². The van der Waals surface area contributed by atoms with Crippen molar-refractivity contribution in [3.05, 3.63) is 114 Å². The van der Waals surface area contributed by atoms with Crippen LogP contribution in [0.1, 0.15) is 44.1 Å².